The Morgan fingerprint density at radius 1 is 1.32 bits per heavy atom. The normalized spacial score (nSPS) is 12.8. The molecule has 0 aliphatic carbocycles. The third-order valence-electron chi connectivity index (χ3n) is 3.00. The van der Waals surface area contributed by atoms with Gasteiger partial charge in [0.1, 0.15) is 0 Å². The average molecular weight is 275 g/mol. The molecule has 1 heterocycles. The van der Waals surface area contributed by atoms with Crippen molar-refractivity contribution < 1.29 is 0 Å². The molecule has 0 radical (unpaired) electrons. The van der Waals surface area contributed by atoms with Gasteiger partial charge in [-0.15, -0.1) is 5.10 Å². The molecule has 19 heavy (non-hydrogen) atoms. The zero-order chi connectivity index (χ0) is 13.7. The Morgan fingerprint density at radius 2 is 2.16 bits per heavy atom. The summed E-state index contributed by atoms with van der Waals surface area (Å²) in [7, 11) is 0. The van der Waals surface area contributed by atoms with E-state index in [2.05, 4.69) is 59.9 Å². The maximum absolute atomic E-state index is 3.97. The van der Waals surface area contributed by atoms with Crippen molar-refractivity contribution in [3.63, 3.8) is 0 Å². The summed E-state index contributed by atoms with van der Waals surface area (Å²) in [5.74, 6) is 0.679. The number of rotatable bonds is 6. The van der Waals surface area contributed by atoms with Crippen LogP contribution in [0.25, 0.3) is 0 Å². The average Bonchev–Trinajstić information content (AvgIpc) is 2.89. The van der Waals surface area contributed by atoms with Crippen molar-refractivity contribution in [1.82, 2.24) is 14.9 Å². The minimum Gasteiger partial charge on any atom is -0.306 e. The standard InChI is InChI=1S/C15H21N3S/c1-4-16-15(14-10-17-18-19-14)13-7-5-6-12(9-13)8-11(2)3/h5-7,9-11,15-16H,4,8H2,1-3H3. The quantitative estimate of drug-likeness (QED) is 0.877. The third kappa shape index (κ3) is 3.85. The van der Waals surface area contributed by atoms with E-state index in [0.29, 0.717) is 5.92 Å². The monoisotopic (exact) mass is 275 g/mol. The first-order valence-corrected chi connectivity index (χ1v) is 7.57. The van der Waals surface area contributed by atoms with Crippen LogP contribution in [-0.2, 0) is 6.42 Å². The minimum absolute atomic E-state index is 0.206. The fourth-order valence-corrected chi connectivity index (χ4v) is 2.87. The molecule has 102 valence electrons. The molecule has 1 atom stereocenters. The van der Waals surface area contributed by atoms with Gasteiger partial charge < -0.3 is 5.32 Å². The summed E-state index contributed by atoms with van der Waals surface area (Å²) in [6, 6.07) is 9.03. The molecule has 0 amide bonds. The number of aromatic nitrogens is 2. The SMILES string of the molecule is CCNC(c1cccc(CC(C)C)c1)c1cnns1. The molecule has 0 bridgehead atoms. The Kier molecular flexibility index (Phi) is 5.05. The van der Waals surface area contributed by atoms with Crippen LogP contribution in [0.15, 0.2) is 30.5 Å². The van der Waals surface area contributed by atoms with Crippen molar-refractivity contribution in [2.75, 3.05) is 6.54 Å². The first-order chi connectivity index (χ1) is 9.20. The van der Waals surface area contributed by atoms with Crippen LogP contribution < -0.4 is 5.32 Å². The lowest BCUT2D eigenvalue weighted by molar-refractivity contribution is 0.629. The predicted molar refractivity (Wildman–Crippen MR) is 80.4 cm³/mol. The lowest BCUT2D eigenvalue weighted by Gasteiger charge is -2.17. The van der Waals surface area contributed by atoms with Crippen LogP contribution in [0.3, 0.4) is 0 Å². The Balaban J connectivity index is 2.26. The van der Waals surface area contributed by atoms with Gasteiger partial charge in [0.15, 0.2) is 0 Å². The fourth-order valence-electron chi connectivity index (χ4n) is 2.26. The van der Waals surface area contributed by atoms with Gasteiger partial charge in [-0.3, -0.25) is 0 Å². The molecule has 2 aromatic rings. The van der Waals surface area contributed by atoms with E-state index in [-0.39, 0.29) is 6.04 Å². The number of nitrogens with zero attached hydrogens (tertiary/aromatic N) is 2. The fraction of sp³-hybridized carbons (Fsp3) is 0.467. The second kappa shape index (κ2) is 6.78. The van der Waals surface area contributed by atoms with E-state index in [1.54, 1.807) is 0 Å². The van der Waals surface area contributed by atoms with E-state index >= 15 is 0 Å². The molecule has 0 aliphatic rings. The molecule has 0 saturated heterocycles. The van der Waals surface area contributed by atoms with Gasteiger partial charge in [-0.25, -0.2) is 0 Å². The largest absolute Gasteiger partial charge is 0.306 e. The Hall–Kier alpha value is -1.26. The molecule has 1 unspecified atom stereocenters. The zero-order valence-electron chi connectivity index (χ0n) is 11.8. The van der Waals surface area contributed by atoms with Crippen molar-refractivity contribution >= 4 is 11.5 Å². The lowest BCUT2D eigenvalue weighted by atomic mass is 9.98. The maximum atomic E-state index is 3.97. The van der Waals surface area contributed by atoms with E-state index in [1.165, 1.54) is 27.5 Å². The van der Waals surface area contributed by atoms with Crippen LogP contribution in [0.5, 0.6) is 0 Å². The van der Waals surface area contributed by atoms with E-state index in [4.69, 9.17) is 0 Å². The summed E-state index contributed by atoms with van der Waals surface area (Å²) in [5, 5.41) is 7.46. The van der Waals surface area contributed by atoms with Gasteiger partial charge in [0.25, 0.3) is 0 Å². The van der Waals surface area contributed by atoms with Crippen molar-refractivity contribution in [1.29, 1.82) is 0 Å². The molecule has 0 spiro atoms. The summed E-state index contributed by atoms with van der Waals surface area (Å²) in [6.45, 7) is 7.56. The Morgan fingerprint density at radius 3 is 2.79 bits per heavy atom. The highest BCUT2D eigenvalue weighted by atomic mass is 32.1. The first kappa shape index (κ1) is 14.2. The predicted octanol–water partition coefficient (Wildman–Crippen LogP) is 3.44. The second-order valence-electron chi connectivity index (χ2n) is 5.15. The Bertz CT molecular complexity index is 494. The first-order valence-electron chi connectivity index (χ1n) is 6.80. The lowest BCUT2D eigenvalue weighted by Crippen LogP contribution is -2.21. The summed E-state index contributed by atoms with van der Waals surface area (Å²) in [5.41, 5.74) is 2.69. The number of nitrogens with one attached hydrogen (secondary N) is 1. The molecule has 2 rings (SSSR count). The van der Waals surface area contributed by atoms with Crippen LogP contribution in [0, 0.1) is 5.92 Å². The highest BCUT2D eigenvalue weighted by Crippen LogP contribution is 2.25. The zero-order valence-corrected chi connectivity index (χ0v) is 12.6. The molecular formula is C15H21N3S. The maximum Gasteiger partial charge on any atom is 0.0703 e. The van der Waals surface area contributed by atoms with Crippen LogP contribution in [0.1, 0.15) is 42.8 Å². The van der Waals surface area contributed by atoms with Crippen LogP contribution in [-0.4, -0.2) is 16.1 Å². The van der Waals surface area contributed by atoms with Crippen molar-refractivity contribution in [3.8, 4) is 0 Å². The molecule has 1 N–H and O–H groups in total. The van der Waals surface area contributed by atoms with E-state index < -0.39 is 0 Å². The van der Waals surface area contributed by atoms with Gasteiger partial charge in [-0.05, 0) is 41.5 Å². The van der Waals surface area contributed by atoms with Gasteiger partial charge in [-0.2, -0.15) is 0 Å². The van der Waals surface area contributed by atoms with Crippen molar-refractivity contribution in [3.05, 3.63) is 46.5 Å². The number of hydrogen-bond acceptors (Lipinski definition) is 4. The van der Waals surface area contributed by atoms with Gasteiger partial charge in [-0.1, -0.05) is 49.5 Å². The highest BCUT2D eigenvalue weighted by molar-refractivity contribution is 7.05. The summed E-state index contributed by atoms with van der Waals surface area (Å²) in [4.78, 5) is 1.17. The summed E-state index contributed by atoms with van der Waals surface area (Å²) >= 11 is 1.46. The second-order valence-corrected chi connectivity index (χ2v) is 5.97. The topological polar surface area (TPSA) is 37.8 Å². The van der Waals surface area contributed by atoms with Gasteiger partial charge in [0.2, 0.25) is 0 Å². The van der Waals surface area contributed by atoms with Crippen LogP contribution in [0.4, 0.5) is 0 Å². The molecule has 3 nitrogen and oxygen atoms in total. The van der Waals surface area contributed by atoms with Crippen LogP contribution >= 0.6 is 11.5 Å². The molecule has 0 aliphatic heterocycles. The number of benzene rings is 1. The minimum atomic E-state index is 0.206. The highest BCUT2D eigenvalue weighted by Gasteiger charge is 2.15. The van der Waals surface area contributed by atoms with E-state index in [0.717, 1.165) is 13.0 Å². The molecule has 0 fully saturated rings. The van der Waals surface area contributed by atoms with Crippen molar-refractivity contribution in [2.24, 2.45) is 5.92 Å². The van der Waals surface area contributed by atoms with Crippen molar-refractivity contribution in [2.45, 2.75) is 33.2 Å². The molecule has 4 heteroatoms. The van der Waals surface area contributed by atoms with Gasteiger partial charge in [0, 0.05) is 0 Å². The Labute approximate surface area is 119 Å². The van der Waals surface area contributed by atoms with E-state index in [9.17, 15) is 0 Å². The van der Waals surface area contributed by atoms with E-state index in [1.807, 2.05) is 6.20 Å². The number of hydrogen-bond donors (Lipinski definition) is 1. The van der Waals surface area contributed by atoms with Gasteiger partial charge >= 0.3 is 0 Å². The van der Waals surface area contributed by atoms with Crippen LogP contribution in [0.2, 0.25) is 0 Å². The summed E-state index contributed by atoms with van der Waals surface area (Å²) in [6.07, 6.45) is 2.97. The smallest absolute Gasteiger partial charge is 0.0703 e. The molecule has 1 aromatic heterocycles. The molecule has 0 saturated carbocycles. The summed E-state index contributed by atoms with van der Waals surface area (Å²) < 4.78 is 3.97. The molecule has 1 aromatic carbocycles. The van der Waals surface area contributed by atoms with Gasteiger partial charge in [0.05, 0.1) is 17.1 Å². The third-order valence-corrected chi connectivity index (χ3v) is 3.73. The molecular weight excluding hydrogens is 254 g/mol.